The lowest BCUT2D eigenvalue weighted by Crippen LogP contribution is -2.38. The fraction of sp³-hybridized carbons (Fsp3) is 0.500. The van der Waals surface area contributed by atoms with E-state index in [9.17, 15) is 5.11 Å². The molecular formula is C18H23ClN2O2. The second-order valence-electron chi connectivity index (χ2n) is 6.11. The highest BCUT2D eigenvalue weighted by atomic mass is 35.5. The third kappa shape index (κ3) is 4.34. The van der Waals surface area contributed by atoms with Gasteiger partial charge in [0.25, 0.3) is 0 Å². The summed E-state index contributed by atoms with van der Waals surface area (Å²) in [5, 5.41) is 10.1. The summed E-state index contributed by atoms with van der Waals surface area (Å²) in [5.41, 5.74) is 0.972. The van der Waals surface area contributed by atoms with Crippen LogP contribution in [0.25, 0.3) is 11.3 Å². The number of aliphatic hydroxyl groups excluding tert-OH is 1. The molecule has 1 aliphatic carbocycles. The molecule has 3 rings (SSSR count). The van der Waals surface area contributed by atoms with Crippen LogP contribution >= 0.6 is 11.6 Å². The van der Waals surface area contributed by atoms with E-state index >= 15 is 0 Å². The van der Waals surface area contributed by atoms with E-state index in [1.165, 1.54) is 32.1 Å². The number of rotatable bonds is 6. The summed E-state index contributed by atoms with van der Waals surface area (Å²) in [6.07, 6.45) is 8.03. The van der Waals surface area contributed by atoms with Gasteiger partial charge in [-0.2, -0.15) is 0 Å². The Kier molecular flexibility index (Phi) is 5.70. The molecule has 1 aromatic carbocycles. The molecule has 1 fully saturated rings. The predicted octanol–water partition coefficient (Wildman–Crippen LogP) is 4.12. The van der Waals surface area contributed by atoms with Gasteiger partial charge in [0, 0.05) is 23.2 Å². The van der Waals surface area contributed by atoms with Crippen molar-refractivity contribution in [3.63, 3.8) is 0 Å². The highest BCUT2D eigenvalue weighted by molar-refractivity contribution is 6.30. The van der Waals surface area contributed by atoms with Crippen molar-refractivity contribution in [1.29, 1.82) is 0 Å². The number of halogens is 1. The van der Waals surface area contributed by atoms with Gasteiger partial charge in [-0.3, -0.25) is 4.90 Å². The minimum absolute atomic E-state index is 0.168. The topological polar surface area (TPSA) is 49.5 Å². The lowest BCUT2D eigenvalue weighted by molar-refractivity contribution is 0.108. The molecule has 0 bridgehead atoms. The number of hydrogen-bond donors (Lipinski definition) is 1. The van der Waals surface area contributed by atoms with Gasteiger partial charge < -0.3 is 9.52 Å². The SMILES string of the molecule is OCCN(Cc1ncc(-c2ccc(Cl)cc2)o1)C1CCCCC1. The molecule has 0 saturated heterocycles. The molecule has 4 nitrogen and oxygen atoms in total. The van der Waals surface area contributed by atoms with E-state index in [2.05, 4.69) is 9.88 Å². The van der Waals surface area contributed by atoms with Crippen molar-refractivity contribution in [1.82, 2.24) is 9.88 Å². The molecule has 1 saturated carbocycles. The maximum Gasteiger partial charge on any atom is 0.209 e. The molecule has 1 aromatic heterocycles. The molecule has 0 spiro atoms. The standard InChI is InChI=1S/C18H23ClN2O2/c19-15-8-6-14(7-9-15)17-12-20-18(23-17)13-21(10-11-22)16-4-2-1-3-5-16/h6-9,12,16,22H,1-5,10-11,13H2. The Labute approximate surface area is 142 Å². The van der Waals surface area contributed by atoms with Crippen LogP contribution < -0.4 is 0 Å². The van der Waals surface area contributed by atoms with Gasteiger partial charge in [-0.15, -0.1) is 0 Å². The zero-order chi connectivity index (χ0) is 16.1. The van der Waals surface area contributed by atoms with E-state index in [1.807, 2.05) is 24.3 Å². The maximum absolute atomic E-state index is 9.35. The average Bonchev–Trinajstić information content (AvgIpc) is 3.04. The van der Waals surface area contributed by atoms with Crippen LogP contribution in [0, 0.1) is 0 Å². The number of oxazole rings is 1. The van der Waals surface area contributed by atoms with Gasteiger partial charge in [0.1, 0.15) is 0 Å². The Bertz CT molecular complexity index is 606. The number of nitrogens with zero attached hydrogens (tertiary/aromatic N) is 2. The summed E-state index contributed by atoms with van der Waals surface area (Å²) >= 11 is 5.92. The second-order valence-corrected chi connectivity index (χ2v) is 6.55. The minimum atomic E-state index is 0.168. The smallest absolute Gasteiger partial charge is 0.209 e. The van der Waals surface area contributed by atoms with Crippen molar-refractivity contribution in [2.75, 3.05) is 13.2 Å². The van der Waals surface area contributed by atoms with Crippen LogP contribution in [-0.2, 0) is 6.54 Å². The van der Waals surface area contributed by atoms with Gasteiger partial charge in [-0.05, 0) is 37.1 Å². The molecule has 23 heavy (non-hydrogen) atoms. The first-order valence-electron chi connectivity index (χ1n) is 8.32. The number of aliphatic hydroxyl groups is 1. The average molecular weight is 335 g/mol. The van der Waals surface area contributed by atoms with E-state index < -0.39 is 0 Å². The van der Waals surface area contributed by atoms with E-state index in [0.29, 0.717) is 30.0 Å². The van der Waals surface area contributed by atoms with Crippen LogP contribution in [-0.4, -0.2) is 34.2 Å². The van der Waals surface area contributed by atoms with E-state index in [1.54, 1.807) is 6.20 Å². The number of aromatic nitrogens is 1. The van der Waals surface area contributed by atoms with E-state index in [0.717, 1.165) is 11.3 Å². The molecular weight excluding hydrogens is 312 g/mol. The first-order chi connectivity index (χ1) is 11.3. The second kappa shape index (κ2) is 7.95. The highest BCUT2D eigenvalue weighted by Gasteiger charge is 2.22. The van der Waals surface area contributed by atoms with Crippen LogP contribution in [0.1, 0.15) is 38.0 Å². The summed E-state index contributed by atoms with van der Waals surface area (Å²) in [6, 6.07) is 8.08. The molecule has 1 N–H and O–H groups in total. The molecule has 1 aliphatic rings. The number of hydrogen-bond acceptors (Lipinski definition) is 4. The Morgan fingerprint density at radius 2 is 1.91 bits per heavy atom. The first-order valence-corrected chi connectivity index (χ1v) is 8.69. The zero-order valence-electron chi connectivity index (χ0n) is 13.2. The monoisotopic (exact) mass is 334 g/mol. The lowest BCUT2D eigenvalue weighted by Gasteiger charge is -2.32. The van der Waals surface area contributed by atoms with E-state index in [4.69, 9.17) is 16.0 Å². The molecule has 5 heteroatoms. The lowest BCUT2D eigenvalue weighted by atomic mass is 9.94. The Morgan fingerprint density at radius 3 is 2.61 bits per heavy atom. The Morgan fingerprint density at radius 1 is 1.17 bits per heavy atom. The van der Waals surface area contributed by atoms with E-state index in [-0.39, 0.29) is 6.61 Å². The van der Waals surface area contributed by atoms with Gasteiger partial charge >= 0.3 is 0 Å². The maximum atomic E-state index is 9.35. The summed E-state index contributed by atoms with van der Waals surface area (Å²) in [7, 11) is 0. The normalized spacial score (nSPS) is 16.1. The van der Waals surface area contributed by atoms with Gasteiger partial charge in [0.2, 0.25) is 5.89 Å². The third-order valence-corrected chi connectivity index (χ3v) is 4.75. The fourth-order valence-electron chi connectivity index (χ4n) is 3.27. The molecule has 0 amide bonds. The van der Waals surface area contributed by atoms with Gasteiger partial charge in [-0.1, -0.05) is 30.9 Å². The van der Waals surface area contributed by atoms with Crippen molar-refractivity contribution in [3.8, 4) is 11.3 Å². The van der Waals surface area contributed by atoms with Crippen LogP contribution in [0.4, 0.5) is 0 Å². The molecule has 124 valence electrons. The fourth-order valence-corrected chi connectivity index (χ4v) is 3.40. The summed E-state index contributed by atoms with van der Waals surface area (Å²) < 4.78 is 5.90. The molecule has 0 aliphatic heterocycles. The number of benzene rings is 1. The van der Waals surface area contributed by atoms with Gasteiger partial charge in [0.05, 0.1) is 19.3 Å². The first kappa shape index (κ1) is 16.5. The van der Waals surface area contributed by atoms with Crippen LogP contribution in [0.3, 0.4) is 0 Å². The van der Waals surface area contributed by atoms with Gasteiger partial charge in [0.15, 0.2) is 5.76 Å². The molecule has 2 aromatic rings. The minimum Gasteiger partial charge on any atom is -0.439 e. The molecule has 0 radical (unpaired) electrons. The van der Waals surface area contributed by atoms with Crippen molar-refractivity contribution >= 4 is 11.6 Å². The van der Waals surface area contributed by atoms with Crippen LogP contribution in [0.15, 0.2) is 34.9 Å². The van der Waals surface area contributed by atoms with Gasteiger partial charge in [-0.25, -0.2) is 4.98 Å². The van der Waals surface area contributed by atoms with Crippen molar-refractivity contribution < 1.29 is 9.52 Å². The predicted molar refractivity (Wildman–Crippen MR) is 91.3 cm³/mol. The Hall–Kier alpha value is -1.36. The third-order valence-electron chi connectivity index (χ3n) is 4.50. The quantitative estimate of drug-likeness (QED) is 0.863. The van der Waals surface area contributed by atoms with Crippen LogP contribution in [0.2, 0.25) is 5.02 Å². The highest BCUT2D eigenvalue weighted by Crippen LogP contribution is 2.26. The van der Waals surface area contributed by atoms with Crippen molar-refractivity contribution in [2.24, 2.45) is 0 Å². The summed E-state index contributed by atoms with van der Waals surface area (Å²) in [5.74, 6) is 1.46. The molecule has 0 unspecified atom stereocenters. The molecule has 1 heterocycles. The molecule has 0 atom stereocenters. The van der Waals surface area contributed by atoms with Crippen molar-refractivity contribution in [2.45, 2.75) is 44.7 Å². The summed E-state index contributed by atoms with van der Waals surface area (Å²) in [4.78, 5) is 6.71. The largest absolute Gasteiger partial charge is 0.439 e. The Balaban J connectivity index is 1.69. The van der Waals surface area contributed by atoms with Crippen LogP contribution in [0.5, 0.6) is 0 Å². The zero-order valence-corrected chi connectivity index (χ0v) is 14.0. The van der Waals surface area contributed by atoms with Crippen molar-refractivity contribution in [3.05, 3.63) is 41.4 Å². The summed E-state index contributed by atoms with van der Waals surface area (Å²) in [6.45, 7) is 1.49.